The summed E-state index contributed by atoms with van der Waals surface area (Å²) >= 11 is 0. The fourth-order valence-electron chi connectivity index (χ4n) is 4.36. The van der Waals surface area contributed by atoms with E-state index in [0.29, 0.717) is 25.0 Å². The Morgan fingerprint density at radius 3 is 2.24 bits per heavy atom. The Morgan fingerprint density at radius 1 is 0.892 bits per heavy atom. The first-order valence-electron chi connectivity index (χ1n) is 11.3. The molecule has 0 aliphatic carbocycles. The maximum atomic E-state index is 13.2. The van der Waals surface area contributed by atoms with E-state index in [1.807, 2.05) is 28.9 Å². The Kier molecular flexibility index (Phi) is 5.63. The van der Waals surface area contributed by atoms with Crippen LogP contribution in [0.4, 0.5) is 25.1 Å². The van der Waals surface area contributed by atoms with Crippen LogP contribution in [0.1, 0.15) is 12.8 Å². The molecule has 1 aliphatic heterocycles. The van der Waals surface area contributed by atoms with Gasteiger partial charge in [0, 0.05) is 43.4 Å². The number of anilines is 1. The minimum atomic E-state index is -9.78. The van der Waals surface area contributed by atoms with Gasteiger partial charge in [-0.05, 0) is 66.4 Å². The normalized spacial score (nSPS) is 17.9. The van der Waals surface area contributed by atoms with Gasteiger partial charge in [-0.3, -0.25) is 0 Å². The number of sulfonamides is 1. The van der Waals surface area contributed by atoms with Crippen molar-refractivity contribution in [1.82, 2.24) is 13.7 Å². The number of pyridine rings is 1. The van der Waals surface area contributed by atoms with E-state index in [1.54, 1.807) is 30.5 Å². The Bertz CT molecular complexity index is 1570. The highest BCUT2D eigenvalue weighted by Gasteiger charge is 2.65. The van der Waals surface area contributed by atoms with Crippen LogP contribution >= 0.6 is 10.2 Å². The number of benzene rings is 2. The van der Waals surface area contributed by atoms with Gasteiger partial charge < -0.3 is 9.72 Å². The SMILES string of the molecule is O=S(=O)(c1ccc(-c2ccc3nccn3c2)cc1)N1CCC(Nc2cccc(S(F)(F)(F)(F)F)c2)CC1. The van der Waals surface area contributed by atoms with Gasteiger partial charge in [0.25, 0.3) is 0 Å². The van der Waals surface area contributed by atoms with Crippen LogP contribution in [0.25, 0.3) is 16.8 Å². The molecular weight excluding hydrogens is 535 g/mol. The lowest BCUT2D eigenvalue weighted by Crippen LogP contribution is -2.42. The molecule has 1 aliphatic rings. The molecule has 2 aromatic carbocycles. The second-order valence-corrected chi connectivity index (χ2v) is 13.3. The van der Waals surface area contributed by atoms with Crippen LogP contribution in [-0.4, -0.2) is 41.2 Å². The average molecular weight is 559 g/mol. The quantitative estimate of drug-likeness (QED) is 0.261. The Morgan fingerprint density at radius 2 is 1.57 bits per heavy atom. The third-order valence-corrected chi connectivity index (χ3v) is 9.38. The summed E-state index contributed by atoms with van der Waals surface area (Å²) in [6, 6.07) is 12.9. The molecule has 37 heavy (non-hydrogen) atoms. The Labute approximate surface area is 210 Å². The van der Waals surface area contributed by atoms with Crippen LogP contribution in [0.3, 0.4) is 0 Å². The van der Waals surface area contributed by atoms with Gasteiger partial charge in [-0.1, -0.05) is 37.6 Å². The van der Waals surface area contributed by atoms with Gasteiger partial charge in [0.05, 0.1) is 4.90 Å². The van der Waals surface area contributed by atoms with E-state index in [9.17, 15) is 27.8 Å². The summed E-state index contributed by atoms with van der Waals surface area (Å²) in [5.74, 6) is 0. The molecule has 3 heterocycles. The number of piperidine rings is 1. The molecule has 1 N–H and O–H groups in total. The maximum Gasteiger partial charge on any atom is 0.310 e. The highest BCUT2D eigenvalue weighted by molar-refractivity contribution is 8.45. The summed E-state index contributed by atoms with van der Waals surface area (Å²) in [5.41, 5.74) is 2.45. The number of nitrogens with one attached hydrogen (secondary N) is 1. The average Bonchev–Trinajstić information content (AvgIpc) is 3.31. The van der Waals surface area contributed by atoms with Crippen LogP contribution < -0.4 is 5.32 Å². The zero-order chi connectivity index (χ0) is 26.5. The smallest absolute Gasteiger partial charge is 0.310 e. The molecule has 0 unspecified atom stereocenters. The zero-order valence-electron chi connectivity index (χ0n) is 19.3. The van der Waals surface area contributed by atoms with Crippen molar-refractivity contribution in [2.75, 3.05) is 18.4 Å². The van der Waals surface area contributed by atoms with Gasteiger partial charge in [-0.15, -0.1) is 0 Å². The lowest BCUT2D eigenvalue weighted by atomic mass is 10.1. The Balaban J connectivity index is 1.24. The summed E-state index contributed by atoms with van der Waals surface area (Å²) in [6.45, 7) is 0.278. The van der Waals surface area contributed by atoms with Crippen LogP contribution in [0.2, 0.25) is 0 Å². The monoisotopic (exact) mass is 558 g/mol. The minimum absolute atomic E-state index is 0.0865. The predicted octanol–water partition coefficient (Wildman–Crippen LogP) is 6.92. The van der Waals surface area contributed by atoms with Gasteiger partial charge in [0.15, 0.2) is 0 Å². The highest BCUT2D eigenvalue weighted by atomic mass is 32.5. The number of imidazole rings is 1. The maximum absolute atomic E-state index is 13.2. The zero-order valence-corrected chi connectivity index (χ0v) is 20.9. The highest BCUT2D eigenvalue weighted by Crippen LogP contribution is 3.02. The Hall–Kier alpha value is -3.16. The summed E-state index contributed by atoms with van der Waals surface area (Å²) in [7, 11) is -13.6. The standard InChI is InChI=1S/C24H23F5N4O2S2/c25-37(26,27,28,29)23-3-1-2-21(16-23)31-20-10-13-33(14-11-20)36(34,35)22-7-4-18(5-8-22)19-6-9-24-30-12-15-32(24)17-19/h1-9,12,15-17,20,31H,10-11,13-14H2. The first-order valence-corrected chi connectivity index (χ1v) is 14.7. The molecule has 0 bridgehead atoms. The molecule has 2 aromatic heterocycles. The minimum Gasteiger partial charge on any atom is -0.382 e. The van der Waals surface area contributed by atoms with E-state index in [-0.39, 0.29) is 29.7 Å². The first-order chi connectivity index (χ1) is 17.2. The van der Waals surface area contributed by atoms with E-state index in [0.717, 1.165) is 22.8 Å². The topological polar surface area (TPSA) is 66.7 Å². The molecule has 0 amide bonds. The molecule has 0 saturated carbocycles. The fraction of sp³-hybridized carbons (Fsp3) is 0.208. The molecule has 1 fully saturated rings. The van der Waals surface area contributed by atoms with E-state index in [4.69, 9.17) is 0 Å². The van der Waals surface area contributed by atoms with Gasteiger partial charge in [0.1, 0.15) is 10.5 Å². The van der Waals surface area contributed by atoms with Gasteiger partial charge in [0.2, 0.25) is 10.0 Å². The van der Waals surface area contributed by atoms with Gasteiger partial charge in [-0.2, -0.15) is 4.31 Å². The van der Waals surface area contributed by atoms with Crippen molar-refractivity contribution in [3.63, 3.8) is 0 Å². The fourth-order valence-corrected chi connectivity index (χ4v) is 6.52. The third-order valence-electron chi connectivity index (χ3n) is 6.32. The summed E-state index contributed by atoms with van der Waals surface area (Å²) in [5, 5.41) is 2.83. The lowest BCUT2D eigenvalue weighted by Gasteiger charge is -2.40. The van der Waals surface area contributed by atoms with Crippen molar-refractivity contribution in [3.05, 3.63) is 79.3 Å². The first kappa shape index (κ1) is 25.5. The van der Waals surface area contributed by atoms with Crippen molar-refractivity contribution < 1.29 is 27.8 Å². The second kappa shape index (κ2) is 8.17. The van der Waals surface area contributed by atoms with Gasteiger partial charge in [-0.25, -0.2) is 13.4 Å². The molecule has 5 rings (SSSR count). The van der Waals surface area contributed by atoms with Gasteiger partial charge >= 0.3 is 10.2 Å². The summed E-state index contributed by atoms with van der Waals surface area (Å²) in [4.78, 5) is 2.37. The number of halogens is 5. The third kappa shape index (κ3) is 5.43. The van der Waals surface area contributed by atoms with Crippen LogP contribution in [0.5, 0.6) is 0 Å². The van der Waals surface area contributed by atoms with E-state index < -0.39 is 25.1 Å². The molecule has 4 aromatic rings. The van der Waals surface area contributed by atoms with Crippen molar-refractivity contribution >= 4 is 31.6 Å². The molecule has 1 saturated heterocycles. The number of aromatic nitrogens is 2. The molecule has 0 radical (unpaired) electrons. The number of hydrogen-bond acceptors (Lipinski definition) is 4. The van der Waals surface area contributed by atoms with Crippen molar-refractivity contribution in [2.24, 2.45) is 0 Å². The molecule has 0 atom stereocenters. The predicted molar refractivity (Wildman–Crippen MR) is 134 cm³/mol. The largest absolute Gasteiger partial charge is 0.382 e. The second-order valence-electron chi connectivity index (χ2n) is 8.95. The van der Waals surface area contributed by atoms with Crippen LogP contribution in [0, 0.1) is 0 Å². The number of nitrogens with zero attached hydrogens (tertiary/aromatic N) is 3. The van der Waals surface area contributed by atoms with Crippen LogP contribution in [0.15, 0.2) is 89.0 Å². The van der Waals surface area contributed by atoms with E-state index >= 15 is 0 Å². The summed E-state index contributed by atoms with van der Waals surface area (Å²) < 4.78 is 95.1. The number of fused-ring (bicyclic) bond motifs is 1. The molecule has 6 nitrogen and oxygen atoms in total. The van der Waals surface area contributed by atoms with Crippen LogP contribution in [-0.2, 0) is 10.0 Å². The summed E-state index contributed by atoms with van der Waals surface area (Å²) in [6.07, 6.45) is 6.02. The van der Waals surface area contributed by atoms with E-state index in [2.05, 4.69) is 10.3 Å². The molecule has 198 valence electrons. The van der Waals surface area contributed by atoms with E-state index in [1.165, 1.54) is 10.4 Å². The number of rotatable bonds is 6. The molecule has 13 heteroatoms. The molecular formula is C24H23F5N4O2S2. The van der Waals surface area contributed by atoms with Crippen molar-refractivity contribution in [2.45, 2.75) is 28.7 Å². The lowest BCUT2D eigenvalue weighted by molar-refractivity contribution is 0.329. The molecule has 0 spiro atoms. The van der Waals surface area contributed by atoms with Crippen molar-refractivity contribution in [1.29, 1.82) is 0 Å². The number of hydrogen-bond donors (Lipinski definition) is 1. The van der Waals surface area contributed by atoms with Crippen molar-refractivity contribution in [3.8, 4) is 11.1 Å².